The van der Waals surface area contributed by atoms with E-state index in [-0.39, 0.29) is 33.1 Å². The van der Waals surface area contributed by atoms with E-state index in [0.717, 1.165) is 4.80 Å². The van der Waals surface area contributed by atoms with Crippen LogP contribution in [-0.2, 0) is 9.59 Å². The summed E-state index contributed by atoms with van der Waals surface area (Å²) in [5, 5.41) is 20.4. The Morgan fingerprint density at radius 3 is 2.44 bits per heavy atom. The normalized spacial score (nSPS) is 10.6. The van der Waals surface area contributed by atoms with Gasteiger partial charge in [0, 0.05) is 13.8 Å². The number of benzene rings is 2. The molecule has 10 heteroatoms. The van der Waals surface area contributed by atoms with Crippen LogP contribution in [0.15, 0.2) is 30.3 Å². The van der Waals surface area contributed by atoms with Crippen molar-refractivity contribution in [2.45, 2.75) is 13.8 Å². The Hall–Kier alpha value is -3.46. The van der Waals surface area contributed by atoms with E-state index in [1.165, 1.54) is 19.9 Å². The van der Waals surface area contributed by atoms with E-state index in [2.05, 4.69) is 15.5 Å². The number of halogens is 1. The summed E-state index contributed by atoms with van der Waals surface area (Å²) in [6.07, 6.45) is 0. The Bertz CT molecular complexity index is 1090. The number of hydrogen-bond donors (Lipinski definition) is 2. The van der Waals surface area contributed by atoms with Crippen molar-refractivity contribution in [3.8, 4) is 11.4 Å². The van der Waals surface area contributed by atoms with E-state index in [1.54, 1.807) is 24.3 Å². The molecule has 1 heterocycles. The van der Waals surface area contributed by atoms with Gasteiger partial charge in [-0.3, -0.25) is 9.59 Å². The van der Waals surface area contributed by atoms with Crippen molar-refractivity contribution in [2.75, 3.05) is 5.32 Å². The van der Waals surface area contributed by atoms with Crippen molar-refractivity contribution in [1.29, 1.82) is 0 Å². The molecule has 9 nitrogen and oxygen atoms in total. The molecule has 0 fully saturated rings. The van der Waals surface area contributed by atoms with Crippen molar-refractivity contribution in [3.63, 3.8) is 0 Å². The molecule has 3 rings (SSSR count). The van der Waals surface area contributed by atoms with Crippen LogP contribution in [0.3, 0.4) is 0 Å². The van der Waals surface area contributed by atoms with Crippen LogP contribution in [0.5, 0.6) is 5.75 Å². The molecular weight excluding hydrogens is 376 g/mol. The van der Waals surface area contributed by atoms with Gasteiger partial charge in [0.25, 0.3) is 0 Å². The van der Waals surface area contributed by atoms with Crippen LogP contribution < -0.4 is 10.1 Å². The zero-order valence-corrected chi connectivity index (χ0v) is 14.9. The standard InChI is InChI=1S/C17H13ClN4O5/c1-8(23)19-11-7-10(17(25)26)15-16(14(11)18)21-22(20-15)12-5-3-4-6-13(12)27-9(2)24/h3-7H,1-2H3,(H,19,23)(H,25,26). The molecule has 0 bridgehead atoms. The predicted molar refractivity (Wildman–Crippen MR) is 96.4 cm³/mol. The predicted octanol–water partition coefficient (Wildman–Crippen LogP) is 2.66. The van der Waals surface area contributed by atoms with Crippen LogP contribution in [0.25, 0.3) is 16.7 Å². The molecule has 2 aromatic carbocycles. The summed E-state index contributed by atoms with van der Waals surface area (Å²) in [5.74, 6) is -2.01. The van der Waals surface area contributed by atoms with Crippen LogP contribution in [0, 0.1) is 0 Å². The molecule has 0 unspecified atom stereocenters. The molecule has 0 aliphatic carbocycles. The highest BCUT2D eigenvalue weighted by Gasteiger charge is 2.22. The molecular formula is C17H13ClN4O5. The van der Waals surface area contributed by atoms with Gasteiger partial charge in [0.05, 0.1) is 16.3 Å². The maximum Gasteiger partial charge on any atom is 0.338 e. The molecule has 0 aliphatic heterocycles. The Balaban J connectivity index is 2.25. The van der Waals surface area contributed by atoms with Gasteiger partial charge in [-0.05, 0) is 18.2 Å². The van der Waals surface area contributed by atoms with Gasteiger partial charge in [0.15, 0.2) is 5.75 Å². The fraction of sp³-hybridized carbons (Fsp3) is 0.118. The lowest BCUT2D eigenvalue weighted by atomic mass is 10.1. The largest absolute Gasteiger partial charge is 0.478 e. The van der Waals surface area contributed by atoms with Gasteiger partial charge in [0.2, 0.25) is 5.91 Å². The number of fused-ring (bicyclic) bond motifs is 1. The van der Waals surface area contributed by atoms with E-state index in [9.17, 15) is 19.5 Å². The molecule has 2 N–H and O–H groups in total. The highest BCUT2D eigenvalue weighted by molar-refractivity contribution is 6.38. The number of carbonyl (C=O) groups is 3. The lowest BCUT2D eigenvalue weighted by Crippen LogP contribution is -2.08. The van der Waals surface area contributed by atoms with Gasteiger partial charge in [-0.1, -0.05) is 23.7 Å². The summed E-state index contributed by atoms with van der Waals surface area (Å²) in [4.78, 5) is 35.4. The lowest BCUT2D eigenvalue weighted by Gasteiger charge is -2.06. The minimum atomic E-state index is -1.26. The van der Waals surface area contributed by atoms with Gasteiger partial charge < -0.3 is 15.2 Å². The number of nitrogens with one attached hydrogen (secondary N) is 1. The number of carboxylic acid groups (broad SMARTS) is 1. The monoisotopic (exact) mass is 388 g/mol. The molecule has 0 radical (unpaired) electrons. The number of aromatic carboxylic acids is 1. The van der Waals surface area contributed by atoms with Crippen molar-refractivity contribution >= 4 is 46.2 Å². The SMILES string of the molecule is CC(=O)Nc1cc(C(=O)O)c2nn(-c3ccccc3OC(C)=O)nc2c1Cl. The fourth-order valence-corrected chi connectivity index (χ4v) is 2.68. The minimum Gasteiger partial charge on any atom is -0.478 e. The zero-order chi connectivity index (χ0) is 19.7. The first kappa shape index (κ1) is 18.3. The summed E-state index contributed by atoms with van der Waals surface area (Å²) < 4.78 is 5.13. The lowest BCUT2D eigenvalue weighted by molar-refractivity contribution is -0.131. The molecule has 3 aromatic rings. The first-order chi connectivity index (χ1) is 12.8. The molecule has 0 spiro atoms. The van der Waals surface area contributed by atoms with E-state index in [4.69, 9.17) is 16.3 Å². The van der Waals surface area contributed by atoms with Crippen LogP contribution in [0.2, 0.25) is 5.02 Å². The van der Waals surface area contributed by atoms with Crippen molar-refractivity contribution < 1.29 is 24.2 Å². The minimum absolute atomic E-state index is 0.0271. The third-order valence-corrected chi connectivity index (χ3v) is 3.86. The van der Waals surface area contributed by atoms with E-state index >= 15 is 0 Å². The fourth-order valence-electron chi connectivity index (χ4n) is 2.45. The van der Waals surface area contributed by atoms with E-state index in [0.29, 0.717) is 5.69 Å². The highest BCUT2D eigenvalue weighted by atomic mass is 35.5. The maximum absolute atomic E-state index is 11.6. The van der Waals surface area contributed by atoms with Crippen LogP contribution in [0.4, 0.5) is 5.69 Å². The number of carbonyl (C=O) groups excluding carboxylic acids is 2. The second-order valence-corrected chi connectivity index (χ2v) is 5.90. The van der Waals surface area contributed by atoms with Crippen molar-refractivity contribution in [2.24, 2.45) is 0 Å². The van der Waals surface area contributed by atoms with Crippen LogP contribution in [0.1, 0.15) is 24.2 Å². The Labute approximate surface area is 157 Å². The number of aromatic nitrogens is 3. The highest BCUT2D eigenvalue weighted by Crippen LogP contribution is 2.33. The first-order valence-corrected chi connectivity index (χ1v) is 8.04. The third kappa shape index (κ3) is 3.58. The molecule has 0 aliphatic rings. The number of hydrogen-bond acceptors (Lipinski definition) is 6. The van der Waals surface area contributed by atoms with E-state index < -0.39 is 17.8 Å². The van der Waals surface area contributed by atoms with Gasteiger partial charge in [-0.25, -0.2) is 4.79 Å². The molecule has 1 aromatic heterocycles. The molecule has 138 valence electrons. The number of para-hydroxylation sites is 2. The number of nitrogens with zero attached hydrogens (tertiary/aromatic N) is 3. The molecule has 0 saturated heterocycles. The van der Waals surface area contributed by atoms with Crippen LogP contribution in [-0.4, -0.2) is 37.9 Å². The topological polar surface area (TPSA) is 123 Å². The molecule has 0 saturated carbocycles. The van der Waals surface area contributed by atoms with Crippen LogP contribution >= 0.6 is 11.6 Å². The molecule has 1 amide bonds. The number of rotatable bonds is 4. The van der Waals surface area contributed by atoms with E-state index in [1.807, 2.05) is 0 Å². The zero-order valence-electron chi connectivity index (χ0n) is 14.2. The average molecular weight is 389 g/mol. The van der Waals surface area contributed by atoms with Crippen molar-refractivity contribution in [1.82, 2.24) is 15.0 Å². The summed E-state index contributed by atoms with van der Waals surface area (Å²) in [6, 6.07) is 7.70. The smallest absolute Gasteiger partial charge is 0.338 e. The number of carboxylic acids is 1. The van der Waals surface area contributed by atoms with Crippen molar-refractivity contribution in [3.05, 3.63) is 40.9 Å². The second kappa shape index (κ2) is 7.04. The number of ether oxygens (including phenoxy) is 1. The third-order valence-electron chi connectivity index (χ3n) is 3.48. The Kier molecular flexibility index (Phi) is 4.78. The summed E-state index contributed by atoms with van der Waals surface area (Å²) >= 11 is 6.28. The average Bonchev–Trinajstić information content (AvgIpc) is 3.02. The molecule has 0 atom stereocenters. The first-order valence-electron chi connectivity index (χ1n) is 7.66. The number of amides is 1. The number of anilines is 1. The maximum atomic E-state index is 11.6. The Morgan fingerprint density at radius 2 is 1.81 bits per heavy atom. The number of esters is 1. The summed E-state index contributed by atoms with van der Waals surface area (Å²) in [6.45, 7) is 2.52. The van der Waals surface area contributed by atoms with Gasteiger partial charge in [-0.2, -0.15) is 0 Å². The van der Waals surface area contributed by atoms with Gasteiger partial charge >= 0.3 is 11.9 Å². The summed E-state index contributed by atoms with van der Waals surface area (Å²) in [7, 11) is 0. The van der Waals surface area contributed by atoms with Gasteiger partial charge in [-0.15, -0.1) is 15.0 Å². The second-order valence-electron chi connectivity index (χ2n) is 5.52. The quantitative estimate of drug-likeness (QED) is 0.520. The van der Waals surface area contributed by atoms with Gasteiger partial charge in [0.1, 0.15) is 16.7 Å². The Morgan fingerprint density at radius 1 is 1.15 bits per heavy atom. The molecule has 27 heavy (non-hydrogen) atoms. The summed E-state index contributed by atoms with van der Waals surface area (Å²) in [5.41, 5.74) is 0.346.